The average Bonchev–Trinajstić information content (AvgIpc) is 3.64. The van der Waals surface area contributed by atoms with Gasteiger partial charge in [0.25, 0.3) is 0 Å². The Balaban J connectivity index is 1.48. The summed E-state index contributed by atoms with van der Waals surface area (Å²) in [6.07, 6.45) is -6.45. The van der Waals surface area contributed by atoms with Crippen molar-refractivity contribution in [2.45, 2.75) is 83.2 Å². The molecule has 0 aliphatic carbocycles. The Bertz CT molecular complexity index is 1820. The van der Waals surface area contributed by atoms with E-state index in [-0.39, 0.29) is 53.8 Å². The smallest absolute Gasteiger partial charge is 0.393 e. The van der Waals surface area contributed by atoms with Crippen LogP contribution in [0.3, 0.4) is 0 Å². The van der Waals surface area contributed by atoms with E-state index in [2.05, 4.69) is 34.4 Å². The third-order valence-corrected chi connectivity index (χ3v) is 11.8. The number of anilines is 1. The normalized spacial score (nSPS) is 22.2. The maximum atomic E-state index is 12.7. The minimum atomic E-state index is -5.58. The number of fused-ring (bicyclic) bond motifs is 1. The van der Waals surface area contributed by atoms with Gasteiger partial charge in [0, 0.05) is 37.1 Å². The zero-order chi connectivity index (χ0) is 42.1. The third-order valence-electron chi connectivity index (χ3n) is 7.79. The highest BCUT2D eigenvalue weighted by atomic mass is 32.2. The number of thioether (sulfide) groups is 1. The SMILES string of the molecule is CCC[C@@H](O)CC(=O)SCCNC(=O)CCNC(=O)C(O)C(C)(C)COP(=O)(O)OP(=O)(O)OC[C@H]1O[C@@H](n2cnc3c(N)ncnc32)[C@H](O)[C@@H]1OP(=O)(O)O. The van der Waals surface area contributed by atoms with E-state index >= 15 is 0 Å². The lowest BCUT2D eigenvalue weighted by Gasteiger charge is -2.30. The van der Waals surface area contributed by atoms with Crippen molar-refractivity contribution in [3.8, 4) is 0 Å². The summed E-state index contributed by atoms with van der Waals surface area (Å²) in [7, 11) is -16.4. The van der Waals surface area contributed by atoms with E-state index in [4.69, 9.17) is 19.5 Å². The number of ether oxygens (including phenoxy) is 1. The lowest BCUT2D eigenvalue weighted by Crippen LogP contribution is -2.46. The van der Waals surface area contributed by atoms with Crippen LogP contribution < -0.4 is 16.4 Å². The fourth-order valence-corrected chi connectivity index (χ4v) is 8.55. The predicted octanol–water partition coefficient (Wildman–Crippen LogP) is -0.784. The molecule has 2 aromatic heterocycles. The number of nitrogens with one attached hydrogen (secondary N) is 2. The van der Waals surface area contributed by atoms with Crippen molar-refractivity contribution in [2.75, 3.05) is 37.8 Å². The number of hydrogen-bond donors (Lipinski definition) is 10. The second kappa shape index (κ2) is 20.5. The molecule has 3 heterocycles. The lowest BCUT2D eigenvalue weighted by atomic mass is 9.87. The van der Waals surface area contributed by atoms with Gasteiger partial charge in [-0.25, -0.2) is 28.6 Å². The standard InChI is InChI=1S/C27H46N7O18P3S/c1-4-5-15(35)10-18(37)56-9-8-29-17(36)6-7-30-25(40)22(39)27(2,3)12-49-55(46,47)52-54(44,45)48-11-16-21(51-53(41,42)43)20(38)26(50-16)34-14-33-19-23(28)31-13-32-24(19)34/h13-16,20-22,26,35,38-39H,4-12H2,1-3H3,(H,29,36)(H,30,40)(H,44,45)(H,46,47)(H2,28,31,32)(H2,41,42,43)/t15-,16-,20-,21-,22?,26-/m1/s1. The van der Waals surface area contributed by atoms with Gasteiger partial charge in [-0.1, -0.05) is 39.0 Å². The fourth-order valence-electron chi connectivity index (χ4n) is 4.98. The molecule has 0 radical (unpaired) electrons. The van der Waals surface area contributed by atoms with Crippen LogP contribution in [-0.2, 0) is 50.7 Å². The van der Waals surface area contributed by atoms with E-state index < -0.39 is 90.7 Å². The predicted molar refractivity (Wildman–Crippen MR) is 193 cm³/mol. The highest BCUT2D eigenvalue weighted by Gasteiger charge is 2.50. The molecule has 25 nitrogen and oxygen atoms in total. The van der Waals surface area contributed by atoms with Gasteiger partial charge in [0.15, 0.2) is 22.8 Å². The highest BCUT2D eigenvalue weighted by Crippen LogP contribution is 2.61. The Morgan fingerprint density at radius 1 is 1.05 bits per heavy atom. The molecule has 0 saturated carbocycles. The molecular weight excluding hydrogens is 835 g/mol. The molecule has 0 spiro atoms. The molecule has 3 unspecified atom stereocenters. The number of imidazole rings is 1. The van der Waals surface area contributed by atoms with E-state index in [1.165, 1.54) is 13.8 Å². The van der Waals surface area contributed by atoms with Crippen LogP contribution in [0.5, 0.6) is 0 Å². The van der Waals surface area contributed by atoms with Crippen LogP contribution in [0.25, 0.3) is 11.2 Å². The zero-order valence-corrected chi connectivity index (χ0v) is 33.7. The van der Waals surface area contributed by atoms with Crippen molar-refractivity contribution in [1.82, 2.24) is 30.2 Å². The first-order valence-corrected chi connectivity index (χ1v) is 22.2. The molecule has 1 fully saturated rings. The van der Waals surface area contributed by atoms with Crippen LogP contribution in [0.15, 0.2) is 12.7 Å². The van der Waals surface area contributed by atoms with Crippen molar-refractivity contribution in [2.24, 2.45) is 5.41 Å². The number of nitrogen functional groups attached to an aromatic ring is 1. The average molecular weight is 882 g/mol. The number of carbonyl (C=O) groups is 3. The quantitative estimate of drug-likeness (QED) is 0.0483. The molecule has 0 aromatic carbocycles. The van der Waals surface area contributed by atoms with Gasteiger partial charge in [0.1, 0.15) is 36.3 Å². The topological polar surface area (TPSA) is 384 Å². The largest absolute Gasteiger partial charge is 0.481 e. The van der Waals surface area contributed by atoms with Crippen LogP contribution in [-0.4, -0.2) is 134 Å². The first-order chi connectivity index (χ1) is 25.9. The minimum Gasteiger partial charge on any atom is -0.393 e. The summed E-state index contributed by atoms with van der Waals surface area (Å²) in [5, 5.41) is 35.8. The maximum absolute atomic E-state index is 12.7. The summed E-state index contributed by atoms with van der Waals surface area (Å²) in [4.78, 5) is 87.3. The molecule has 2 aromatic rings. The molecule has 2 amide bonds. The molecule has 1 aliphatic rings. The number of nitrogens with zero attached hydrogens (tertiary/aromatic N) is 4. The van der Waals surface area contributed by atoms with E-state index in [9.17, 15) is 63.0 Å². The highest BCUT2D eigenvalue weighted by molar-refractivity contribution is 8.13. The third kappa shape index (κ3) is 14.7. The minimum absolute atomic E-state index is 0.00827. The van der Waals surface area contributed by atoms with Crippen LogP contribution in [0, 0.1) is 5.41 Å². The molecule has 318 valence electrons. The fraction of sp³-hybridized carbons (Fsp3) is 0.704. The molecule has 29 heteroatoms. The molecule has 0 bridgehead atoms. The van der Waals surface area contributed by atoms with Gasteiger partial charge in [-0.2, -0.15) is 4.31 Å². The molecule has 1 aliphatic heterocycles. The number of rotatable bonds is 23. The van der Waals surface area contributed by atoms with Gasteiger partial charge < -0.3 is 56.0 Å². The Kier molecular flexibility index (Phi) is 17.5. The van der Waals surface area contributed by atoms with Crippen molar-refractivity contribution >= 4 is 69.1 Å². The Hall–Kier alpha value is -2.48. The number of amides is 2. The second-order valence-electron chi connectivity index (χ2n) is 12.9. The number of hydrogen-bond acceptors (Lipinski definition) is 19. The zero-order valence-electron chi connectivity index (χ0n) is 30.2. The van der Waals surface area contributed by atoms with Gasteiger partial charge in [-0.05, 0) is 6.42 Å². The van der Waals surface area contributed by atoms with Gasteiger partial charge in [0.05, 0.1) is 25.6 Å². The molecule has 3 rings (SSSR count). The van der Waals surface area contributed by atoms with Crippen LogP contribution >= 0.6 is 35.2 Å². The second-order valence-corrected chi connectivity index (χ2v) is 18.3. The number of nitrogens with two attached hydrogens (primary N) is 1. The van der Waals surface area contributed by atoms with Crippen molar-refractivity contribution < 1.29 is 85.6 Å². The van der Waals surface area contributed by atoms with Crippen LogP contribution in [0.4, 0.5) is 5.82 Å². The summed E-state index contributed by atoms with van der Waals surface area (Å²) < 4.78 is 62.0. The summed E-state index contributed by atoms with van der Waals surface area (Å²) in [6.45, 7) is 2.26. The molecule has 8 atom stereocenters. The van der Waals surface area contributed by atoms with E-state index in [1.54, 1.807) is 0 Å². The van der Waals surface area contributed by atoms with Crippen molar-refractivity contribution in [1.29, 1.82) is 0 Å². The number of aromatic nitrogens is 4. The van der Waals surface area contributed by atoms with Crippen LogP contribution in [0.1, 0.15) is 52.7 Å². The molecule has 56 heavy (non-hydrogen) atoms. The summed E-state index contributed by atoms with van der Waals surface area (Å²) in [5.74, 6) is -1.24. The van der Waals surface area contributed by atoms with E-state index in [0.717, 1.165) is 35.4 Å². The van der Waals surface area contributed by atoms with Crippen molar-refractivity contribution in [3.05, 3.63) is 12.7 Å². The number of carbonyl (C=O) groups excluding carboxylic acids is 3. The number of aliphatic hydroxyl groups excluding tert-OH is 3. The summed E-state index contributed by atoms with van der Waals surface area (Å²) in [6, 6.07) is 0. The first kappa shape index (κ1) is 47.9. The lowest BCUT2D eigenvalue weighted by molar-refractivity contribution is -0.137. The molecule has 1 saturated heterocycles. The maximum Gasteiger partial charge on any atom is 0.481 e. The van der Waals surface area contributed by atoms with E-state index in [0.29, 0.717) is 6.42 Å². The number of aliphatic hydroxyl groups is 3. The van der Waals surface area contributed by atoms with E-state index in [1.807, 2.05) is 6.92 Å². The number of phosphoric acid groups is 3. The Morgan fingerprint density at radius 3 is 2.39 bits per heavy atom. The van der Waals surface area contributed by atoms with Crippen LogP contribution in [0.2, 0.25) is 0 Å². The Morgan fingerprint density at radius 2 is 1.73 bits per heavy atom. The Labute approximate surface area is 323 Å². The molecular formula is C27H46N7O18P3S. The summed E-state index contributed by atoms with van der Waals surface area (Å²) >= 11 is 0.964. The molecule has 11 N–H and O–H groups in total. The van der Waals surface area contributed by atoms with Crippen molar-refractivity contribution in [3.63, 3.8) is 0 Å². The summed E-state index contributed by atoms with van der Waals surface area (Å²) in [5.41, 5.74) is 4.24. The number of phosphoric ester groups is 3. The first-order valence-electron chi connectivity index (χ1n) is 16.7. The van der Waals surface area contributed by atoms with Gasteiger partial charge >= 0.3 is 23.5 Å². The monoisotopic (exact) mass is 881 g/mol. The van der Waals surface area contributed by atoms with Gasteiger partial charge in [-0.15, -0.1) is 0 Å². The van der Waals surface area contributed by atoms with Gasteiger partial charge in [0.2, 0.25) is 11.8 Å². The van der Waals surface area contributed by atoms with Gasteiger partial charge in [-0.3, -0.25) is 32.5 Å².